The van der Waals surface area contributed by atoms with E-state index < -0.39 is 0 Å². The summed E-state index contributed by atoms with van der Waals surface area (Å²) < 4.78 is 5.79. The summed E-state index contributed by atoms with van der Waals surface area (Å²) in [5.74, 6) is 0. The third kappa shape index (κ3) is 2.89. The molecule has 2 aromatic heterocycles. The van der Waals surface area contributed by atoms with Gasteiger partial charge in [-0.25, -0.2) is 0 Å². The summed E-state index contributed by atoms with van der Waals surface area (Å²) in [5, 5.41) is 8.28. The van der Waals surface area contributed by atoms with E-state index in [2.05, 4.69) is 21.6 Å². The van der Waals surface area contributed by atoms with E-state index in [-0.39, 0.29) is 6.04 Å². The summed E-state index contributed by atoms with van der Waals surface area (Å²) in [5.41, 5.74) is 8.40. The lowest BCUT2D eigenvalue weighted by atomic mass is 10.1. The molecule has 0 saturated carbocycles. The normalized spacial score (nSPS) is 12.9. The van der Waals surface area contributed by atoms with Gasteiger partial charge < -0.3 is 5.73 Å². The van der Waals surface area contributed by atoms with Crippen LogP contribution >= 0.6 is 11.5 Å². The Morgan fingerprint density at radius 2 is 2.35 bits per heavy atom. The van der Waals surface area contributed by atoms with Crippen LogP contribution in [0.2, 0.25) is 0 Å². The molecule has 17 heavy (non-hydrogen) atoms. The van der Waals surface area contributed by atoms with Crippen molar-refractivity contribution in [2.75, 3.05) is 0 Å². The molecule has 2 N–H and O–H groups in total. The molecule has 0 aliphatic rings. The Kier molecular flexibility index (Phi) is 3.86. The molecule has 0 fully saturated rings. The van der Waals surface area contributed by atoms with E-state index in [1.165, 1.54) is 11.5 Å². The van der Waals surface area contributed by atoms with Crippen LogP contribution in [0.5, 0.6) is 0 Å². The van der Waals surface area contributed by atoms with E-state index in [1.54, 1.807) is 4.68 Å². The highest BCUT2D eigenvalue weighted by molar-refractivity contribution is 7.05. The number of hydrogen-bond acceptors (Lipinski definition) is 5. The molecule has 2 aromatic rings. The molecule has 0 aliphatic heterocycles. The van der Waals surface area contributed by atoms with Gasteiger partial charge in [0.05, 0.1) is 16.8 Å². The molecule has 5 nitrogen and oxygen atoms in total. The van der Waals surface area contributed by atoms with Crippen molar-refractivity contribution in [2.24, 2.45) is 12.8 Å². The minimum atomic E-state index is -0.0271. The van der Waals surface area contributed by atoms with Gasteiger partial charge in [0.2, 0.25) is 0 Å². The molecule has 0 bridgehead atoms. The molecular formula is C11H17N5S. The number of aromatic nitrogens is 4. The highest BCUT2D eigenvalue weighted by Crippen LogP contribution is 2.22. The van der Waals surface area contributed by atoms with Gasteiger partial charge in [0.25, 0.3) is 0 Å². The molecule has 1 unspecified atom stereocenters. The van der Waals surface area contributed by atoms with Crippen molar-refractivity contribution in [1.29, 1.82) is 0 Å². The summed E-state index contributed by atoms with van der Waals surface area (Å²) in [7, 11) is 1.91. The van der Waals surface area contributed by atoms with Crippen LogP contribution in [0.15, 0.2) is 12.4 Å². The second kappa shape index (κ2) is 5.37. The van der Waals surface area contributed by atoms with Crippen LogP contribution in [0.3, 0.4) is 0 Å². The van der Waals surface area contributed by atoms with Crippen molar-refractivity contribution < 1.29 is 0 Å². The van der Waals surface area contributed by atoms with Gasteiger partial charge in [-0.2, -0.15) is 5.10 Å². The molecule has 0 aromatic carbocycles. The molecule has 0 spiro atoms. The van der Waals surface area contributed by atoms with E-state index in [9.17, 15) is 0 Å². The maximum Gasteiger partial charge on any atom is 0.0803 e. The lowest BCUT2D eigenvalue weighted by molar-refractivity contribution is 0.712. The second-order valence-electron chi connectivity index (χ2n) is 4.17. The van der Waals surface area contributed by atoms with E-state index in [0.717, 1.165) is 35.4 Å². The Morgan fingerprint density at radius 1 is 1.53 bits per heavy atom. The first-order valence-corrected chi connectivity index (χ1v) is 6.52. The number of nitrogens with two attached hydrogens (primary N) is 1. The van der Waals surface area contributed by atoms with Crippen molar-refractivity contribution in [3.63, 3.8) is 0 Å². The molecule has 2 rings (SSSR count). The SMILES string of the molecule is CCCc1nnsc1C(N)Cc1cnn(C)c1. The van der Waals surface area contributed by atoms with Gasteiger partial charge >= 0.3 is 0 Å². The third-order valence-corrected chi connectivity index (χ3v) is 3.52. The largest absolute Gasteiger partial charge is 0.323 e. The number of aryl methyl sites for hydroxylation is 2. The van der Waals surface area contributed by atoms with Crippen molar-refractivity contribution in [3.05, 3.63) is 28.5 Å². The summed E-state index contributed by atoms with van der Waals surface area (Å²) in [4.78, 5) is 1.11. The zero-order valence-corrected chi connectivity index (χ0v) is 10.9. The predicted octanol–water partition coefficient (Wildman–Crippen LogP) is 1.47. The van der Waals surface area contributed by atoms with Crippen LogP contribution in [0.4, 0.5) is 0 Å². The highest BCUT2D eigenvalue weighted by Gasteiger charge is 2.16. The van der Waals surface area contributed by atoms with Gasteiger partial charge in [-0.05, 0) is 29.9 Å². The Morgan fingerprint density at radius 3 is 3.00 bits per heavy atom. The monoisotopic (exact) mass is 251 g/mol. The Balaban J connectivity index is 2.08. The minimum Gasteiger partial charge on any atom is -0.323 e. The summed E-state index contributed by atoms with van der Waals surface area (Å²) in [6.45, 7) is 2.13. The first-order chi connectivity index (χ1) is 8.20. The Hall–Kier alpha value is -1.27. The smallest absolute Gasteiger partial charge is 0.0803 e. The van der Waals surface area contributed by atoms with Gasteiger partial charge in [-0.1, -0.05) is 17.8 Å². The lowest BCUT2D eigenvalue weighted by Gasteiger charge is -2.08. The molecule has 1 atom stereocenters. The third-order valence-electron chi connectivity index (χ3n) is 2.62. The van der Waals surface area contributed by atoms with Gasteiger partial charge in [0, 0.05) is 19.3 Å². The summed E-state index contributed by atoms with van der Waals surface area (Å²) >= 11 is 1.41. The van der Waals surface area contributed by atoms with Crippen molar-refractivity contribution >= 4 is 11.5 Å². The van der Waals surface area contributed by atoms with Crippen molar-refractivity contribution in [1.82, 2.24) is 19.4 Å². The van der Waals surface area contributed by atoms with Crippen molar-refractivity contribution in [2.45, 2.75) is 32.2 Å². The van der Waals surface area contributed by atoms with Crippen LogP contribution in [-0.4, -0.2) is 19.4 Å². The van der Waals surface area contributed by atoms with Crippen molar-refractivity contribution in [3.8, 4) is 0 Å². The average Bonchev–Trinajstić information content (AvgIpc) is 2.88. The zero-order chi connectivity index (χ0) is 12.3. The van der Waals surface area contributed by atoms with E-state index in [0.29, 0.717) is 0 Å². The van der Waals surface area contributed by atoms with Crippen LogP contribution in [0.1, 0.15) is 35.5 Å². The van der Waals surface area contributed by atoms with Crippen LogP contribution in [0, 0.1) is 0 Å². The predicted molar refractivity (Wildman–Crippen MR) is 67.7 cm³/mol. The molecule has 92 valence electrons. The summed E-state index contributed by atoms with van der Waals surface area (Å²) in [6, 6.07) is -0.0271. The summed E-state index contributed by atoms with van der Waals surface area (Å²) in [6.07, 6.45) is 6.65. The molecule has 6 heteroatoms. The maximum absolute atomic E-state index is 6.21. The van der Waals surface area contributed by atoms with E-state index in [4.69, 9.17) is 5.73 Å². The molecule has 0 aliphatic carbocycles. The maximum atomic E-state index is 6.21. The lowest BCUT2D eigenvalue weighted by Crippen LogP contribution is -2.13. The van der Waals surface area contributed by atoms with Gasteiger partial charge in [-0.15, -0.1) is 5.10 Å². The van der Waals surface area contributed by atoms with E-state index in [1.807, 2.05) is 19.4 Å². The van der Waals surface area contributed by atoms with E-state index >= 15 is 0 Å². The van der Waals surface area contributed by atoms with Gasteiger partial charge in [0.15, 0.2) is 0 Å². The molecule has 0 radical (unpaired) electrons. The van der Waals surface area contributed by atoms with Gasteiger partial charge in [0.1, 0.15) is 0 Å². The first kappa shape index (κ1) is 12.2. The molecule has 2 heterocycles. The Bertz CT molecular complexity index is 476. The number of rotatable bonds is 5. The van der Waals surface area contributed by atoms with Gasteiger partial charge in [-0.3, -0.25) is 4.68 Å². The molecule has 0 amide bonds. The highest BCUT2D eigenvalue weighted by atomic mass is 32.1. The second-order valence-corrected chi connectivity index (χ2v) is 4.95. The molecule has 0 saturated heterocycles. The average molecular weight is 251 g/mol. The fourth-order valence-corrected chi connectivity index (χ4v) is 2.53. The standard InChI is InChI=1S/C11H17N5S/c1-3-4-10-11(17-15-14-10)9(12)5-8-6-13-16(2)7-8/h6-7,9H,3-5,12H2,1-2H3. The topological polar surface area (TPSA) is 69.6 Å². The fourth-order valence-electron chi connectivity index (χ4n) is 1.83. The Labute approximate surface area is 105 Å². The van der Waals surface area contributed by atoms with Crippen LogP contribution in [0.25, 0.3) is 0 Å². The fraction of sp³-hybridized carbons (Fsp3) is 0.545. The molecular weight excluding hydrogens is 234 g/mol. The minimum absolute atomic E-state index is 0.0271. The number of nitrogens with zero attached hydrogens (tertiary/aromatic N) is 4. The first-order valence-electron chi connectivity index (χ1n) is 5.75. The van der Waals surface area contributed by atoms with Crippen LogP contribution in [-0.2, 0) is 19.9 Å². The van der Waals surface area contributed by atoms with Crippen LogP contribution < -0.4 is 5.73 Å². The quantitative estimate of drug-likeness (QED) is 0.873. The zero-order valence-electron chi connectivity index (χ0n) is 10.1. The number of hydrogen-bond donors (Lipinski definition) is 1.